The summed E-state index contributed by atoms with van der Waals surface area (Å²) in [5, 5.41) is 3.19. The van der Waals surface area contributed by atoms with E-state index in [-0.39, 0.29) is 5.56 Å². The zero-order valence-electron chi connectivity index (χ0n) is 13.7. The van der Waals surface area contributed by atoms with Crippen molar-refractivity contribution in [3.63, 3.8) is 0 Å². The van der Waals surface area contributed by atoms with Crippen molar-refractivity contribution in [1.29, 1.82) is 0 Å². The summed E-state index contributed by atoms with van der Waals surface area (Å²) in [4.78, 5) is 21.4. The summed E-state index contributed by atoms with van der Waals surface area (Å²) >= 11 is 0. The third kappa shape index (κ3) is 4.33. The smallest absolute Gasteiger partial charge is 0.252 e. The van der Waals surface area contributed by atoms with Crippen molar-refractivity contribution in [3.8, 4) is 17.0 Å². The summed E-state index contributed by atoms with van der Waals surface area (Å²) in [7, 11) is 1.62. The summed E-state index contributed by atoms with van der Waals surface area (Å²) in [5.74, 6) is 1.26. The molecule has 0 amide bonds. The molecule has 24 heavy (non-hydrogen) atoms. The van der Waals surface area contributed by atoms with E-state index in [4.69, 9.17) is 9.47 Å². The number of aromatic nitrogens is 2. The number of rotatable bonds is 6. The number of nitrogens with zero attached hydrogens (tertiary/aromatic N) is 2. The molecule has 0 unspecified atom stereocenters. The van der Waals surface area contributed by atoms with Gasteiger partial charge >= 0.3 is 0 Å². The fraction of sp³-hybridized carbons (Fsp3) is 0.412. The minimum Gasteiger partial charge on any atom is -0.497 e. The van der Waals surface area contributed by atoms with Crippen LogP contribution in [0.2, 0.25) is 0 Å². The summed E-state index contributed by atoms with van der Waals surface area (Å²) in [6.45, 7) is 5.05. The lowest BCUT2D eigenvalue weighted by atomic mass is 10.1. The standard InChI is InChI=1S/C17H22N4O3/c1-23-14-4-2-13(3-5-14)15-12-16(22)20-17(19-15)18-6-7-21-8-10-24-11-9-21/h2-5,12H,6-11H2,1H3,(H2,18,19,20,22). The van der Waals surface area contributed by atoms with Crippen molar-refractivity contribution in [1.82, 2.24) is 14.9 Å². The summed E-state index contributed by atoms with van der Waals surface area (Å²) in [6.07, 6.45) is 0. The highest BCUT2D eigenvalue weighted by molar-refractivity contribution is 5.60. The van der Waals surface area contributed by atoms with Gasteiger partial charge in [0.05, 0.1) is 26.0 Å². The van der Waals surface area contributed by atoms with E-state index in [0.29, 0.717) is 11.6 Å². The SMILES string of the molecule is COc1ccc(-c2cc(=O)[nH]c(NCCN3CCOCC3)n2)cc1. The third-order valence-electron chi connectivity index (χ3n) is 3.95. The largest absolute Gasteiger partial charge is 0.497 e. The number of H-pyrrole nitrogens is 1. The Morgan fingerprint density at radius 1 is 1.29 bits per heavy atom. The molecular weight excluding hydrogens is 308 g/mol. The molecule has 1 fully saturated rings. The van der Waals surface area contributed by atoms with Crippen LogP contribution in [0.15, 0.2) is 35.1 Å². The van der Waals surface area contributed by atoms with E-state index in [0.717, 1.165) is 50.7 Å². The molecule has 1 aliphatic heterocycles. The van der Waals surface area contributed by atoms with Gasteiger partial charge in [-0.15, -0.1) is 0 Å². The van der Waals surface area contributed by atoms with E-state index >= 15 is 0 Å². The molecule has 0 radical (unpaired) electrons. The van der Waals surface area contributed by atoms with Crippen LogP contribution in [0, 0.1) is 0 Å². The molecule has 1 aromatic carbocycles. The lowest BCUT2D eigenvalue weighted by Gasteiger charge is -2.26. The molecule has 7 nitrogen and oxygen atoms in total. The molecular formula is C17H22N4O3. The Balaban J connectivity index is 1.65. The number of ether oxygens (including phenoxy) is 2. The van der Waals surface area contributed by atoms with Crippen LogP contribution in [0.4, 0.5) is 5.95 Å². The molecule has 0 aliphatic carbocycles. The number of anilines is 1. The van der Waals surface area contributed by atoms with Gasteiger partial charge in [0.15, 0.2) is 0 Å². The molecule has 0 atom stereocenters. The molecule has 128 valence electrons. The number of morpholine rings is 1. The number of benzene rings is 1. The highest BCUT2D eigenvalue weighted by Gasteiger charge is 2.10. The first-order valence-corrected chi connectivity index (χ1v) is 8.04. The molecule has 3 rings (SSSR count). The van der Waals surface area contributed by atoms with Gasteiger partial charge in [-0.2, -0.15) is 0 Å². The fourth-order valence-electron chi connectivity index (χ4n) is 2.61. The molecule has 0 saturated carbocycles. The highest BCUT2D eigenvalue weighted by atomic mass is 16.5. The molecule has 1 aromatic heterocycles. The summed E-state index contributed by atoms with van der Waals surface area (Å²) < 4.78 is 10.5. The first-order valence-electron chi connectivity index (χ1n) is 8.04. The zero-order valence-corrected chi connectivity index (χ0v) is 13.7. The minimum atomic E-state index is -0.176. The van der Waals surface area contributed by atoms with Crippen LogP contribution in [-0.4, -0.2) is 61.4 Å². The predicted molar refractivity (Wildman–Crippen MR) is 92.6 cm³/mol. The molecule has 0 spiro atoms. The van der Waals surface area contributed by atoms with Crippen molar-refractivity contribution in [2.24, 2.45) is 0 Å². The second-order valence-electron chi connectivity index (χ2n) is 5.59. The molecule has 1 saturated heterocycles. The number of hydrogen-bond acceptors (Lipinski definition) is 6. The van der Waals surface area contributed by atoms with E-state index in [1.165, 1.54) is 6.07 Å². The topological polar surface area (TPSA) is 79.5 Å². The van der Waals surface area contributed by atoms with Gasteiger partial charge in [-0.05, 0) is 24.3 Å². The Bertz CT molecular complexity index is 709. The zero-order chi connectivity index (χ0) is 16.8. The molecule has 1 aliphatic rings. The Morgan fingerprint density at radius 3 is 2.75 bits per heavy atom. The minimum absolute atomic E-state index is 0.176. The highest BCUT2D eigenvalue weighted by Crippen LogP contribution is 2.20. The van der Waals surface area contributed by atoms with Crippen LogP contribution < -0.4 is 15.6 Å². The van der Waals surface area contributed by atoms with Gasteiger partial charge in [0.25, 0.3) is 5.56 Å². The Kier molecular flexibility index (Phi) is 5.45. The molecule has 2 heterocycles. The van der Waals surface area contributed by atoms with Crippen LogP contribution in [-0.2, 0) is 4.74 Å². The molecule has 7 heteroatoms. The third-order valence-corrected chi connectivity index (χ3v) is 3.95. The summed E-state index contributed by atoms with van der Waals surface area (Å²) in [5.41, 5.74) is 1.33. The average molecular weight is 330 g/mol. The lowest BCUT2D eigenvalue weighted by molar-refractivity contribution is 0.0398. The van der Waals surface area contributed by atoms with Gasteiger partial charge in [-0.1, -0.05) is 0 Å². The maximum absolute atomic E-state index is 11.9. The average Bonchev–Trinajstić information content (AvgIpc) is 2.62. The maximum atomic E-state index is 11.9. The quantitative estimate of drug-likeness (QED) is 0.828. The van der Waals surface area contributed by atoms with Crippen LogP contribution in [0.25, 0.3) is 11.3 Å². The molecule has 0 bridgehead atoms. The number of nitrogens with one attached hydrogen (secondary N) is 2. The van der Waals surface area contributed by atoms with E-state index < -0.39 is 0 Å². The van der Waals surface area contributed by atoms with E-state index in [9.17, 15) is 4.79 Å². The number of aromatic amines is 1. The van der Waals surface area contributed by atoms with Gasteiger partial charge in [0.2, 0.25) is 5.95 Å². The number of methoxy groups -OCH3 is 1. The summed E-state index contributed by atoms with van der Waals surface area (Å²) in [6, 6.07) is 8.97. The van der Waals surface area contributed by atoms with Gasteiger partial charge in [-0.25, -0.2) is 4.98 Å². The Morgan fingerprint density at radius 2 is 2.04 bits per heavy atom. The second-order valence-corrected chi connectivity index (χ2v) is 5.59. The second kappa shape index (κ2) is 7.94. The van der Waals surface area contributed by atoms with Crippen molar-refractivity contribution < 1.29 is 9.47 Å². The van der Waals surface area contributed by atoms with Crippen molar-refractivity contribution in [2.45, 2.75) is 0 Å². The van der Waals surface area contributed by atoms with Crippen LogP contribution in [0.5, 0.6) is 5.75 Å². The Labute approximate surface area is 140 Å². The van der Waals surface area contributed by atoms with Gasteiger partial charge in [0.1, 0.15) is 5.75 Å². The van der Waals surface area contributed by atoms with E-state index in [1.807, 2.05) is 24.3 Å². The first-order chi connectivity index (χ1) is 11.7. The van der Waals surface area contributed by atoms with Crippen LogP contribution in [0.3, 0.4) is 0 Å². The molecule has 2 N–H and O–H groups in total. The monoisotopic (exact) mass is 330 g/mol. The van der Waals surface area contributed by atoms with Crippen LogP contribution >= 0.6 is 0 Å². The van der Waals surface area contributed by atoms with Crippen molar-refractivity contribution in [3.05, 3.63) is 40.7 Å². The fourth-order valence-corrected chi connectivity index (χ4v) is 2.61. The van der Waals surface area contributed by atoms with E-state index in [2.05, 4.69) is 20.2 Å². The van der Waals surface area contributed by atoms with Crippen LogP contribution in [0.1, 0.15) is 0 Å². The van der Waals surface area contributed by atoms with Crippen molar-refractivity contribution >= 4 is 5.95 Å². The predicted octanol–water partition coefficient (Wildman–Crippen LogP) is 1.19. The maximum Gasteiger partial charge on any atom is 0.252 e. The van der Waals surface area contributed by atoms with Gasteiger partial charge in [-0.3, -0.25) is 14.7 Å². The Hall–Kier alpha value is -2.38. The van der Waals surface area contributed by atoms with Gasteiger partial charge in [0, 0.05) is 37.8 Å². The van der Waals surface area contributed by atoms with E-state index in [1.54, 1.807) is 7.11 Å². The molecule has 2 aromatic rings. The normalized spacial score (nSPS) is 15.2. The lowest BCUT2D eigenvalue weighted by Crippen LogP contribution is -2.39. The van der Waals surface area contributed by atoms with Crippen molar-refractivity contribution in [2.75, 3.05) is 51.8 Å². The first kappa shape index (κ1) is 16.5. The van der Waals surface area contributed by atoms with Gasteiger partial charge < -0.3 is 14.8 Å². The number of hydrogen-bond donors (Lipinski definition) is 2.